The van der Waals surface area contributed by atoms with Gasteiger partial charge in [0.05, 0.1) is 0 Å². The van der Waals surface area contributed by atoms with Crippen molar-refractivity contribution in [2.45, 2.75) is 6.92 Å². The van der Waals surface area contributed by atoms with Crippen molar-refractivity contribution in [3.05, 3.63) is 59.6 Å². The van der Waals surface area contributed by atoms with Crippen LogP contribution < -0.4 is 4.73 Å². The first-order valence-corrected chi connectivity index (χ1v) is 4.44. The molecule has 2 nitrogen and oxygen atoms in total. The minimum atomic E-state index is 0.690. The van der Waals surface area contributed by atoms with Crippen LogP contribution >= 0.6 is 0 Å². The SMILES string of the molecule is Cc1ccc(-c2cc[c][n+]([O-])c2)cc1. The fourth-order valence-corrected chi connectivity index (χ4v) is 1.32. The molecule has 1 aromatic heterocycles. The van der Waals surface area contributed by atoms with Crippen LogP contribution in [0.2, 0.25) is 0 Å². The van der Waals surface area contributed by atoms with Crippen LogP contribution in [0.15, 0.2) is 42.6 Å². The van der Waals surface area contributed by atoms with Gasteiger partial charge in [0.2, 0.25) is 0 Å². The molecule has 0 aliphatic carbocycles. The summed E-state index contributed by atoms with van der Waals surface area (Å²) in [6.45, 7) is 2.04. The van der Waals surface area contributed by atoms with Crippen molar-refractivity contribution in [1.82, 2.24) is 0 Å². The molecular formula is C12H10NO. The van der Waals surface area contributed by atoms with Crippen molar-refractivity contribution in [1.29, 1.82) is 0 Å². The van der Waals surface area contributed by atoms with Gasteiger partial charge >= 0.3 is 0 Å². The van der Waals surface area contributed by atoms with Gasteiger partial charge in [0.1, 0.15) is 0 Å². The molecular weight excluding hydrogens is 174 g/mol. The molecule has 0 spiro atoms. The fourth-order valence-electron chi connectivity index (χ4n) is 1.32. The van der Waals surface area contributed by atoms with E-state index in [9.17, 15) is 5.21 Å². The Morgan fingerprint density at radius 2 is 1.79 bits per heavy atom. The van der Waals surface area contributed by atoms with Gasteiger partial charge in [-0.05, 0) is 18.6 Å². The van der Waals surface area contributed by atoms with Crippen LogP contribution in [0.1, 0.15) is 5.56 Å². The van der Waals surface area contributed by atoms with Crippen LogP contribution in [-0.4, -0.2) is 0 Å². The molecule has 0 unspecified atom stereocenters. The second-order valence-corrected chi connectivity index (χ2v) is 3.24. The minimum Gasteiger partial charge on any atom is -0.618 e. The molecule has 0 saturated heterocycles. The maximum atomic E-state index is 11.0. The Kier molecular flexibility index (Phi) is 2.19. The summed E-state index contributed by atoms with van der Waals surface area (Å²) in [6.07, 6.45) is 4.03. The number of rotatable bonds is 1. The zero-order chi connectivity index (χ0) is 9.97. The van der Waals surface area contributed by atoms with Crippen molar-refractivity contribution in [3.63, 3.8) is 0 Å². The Labute approximate surface area is 83.0 Å². The van der Waals surface area contributed by atoms with E-state index in [4.69, 9.17) is 0 Å². The van der Waals surface area contributed by atoms with Crippen LogP contribution in [0.5, 0.6) is 0 Å². The Hall–Kier alpha value is -1.83. The highest BCUT2D eigenvalue weighted by Gasteiger charge is 2.00. The Morgan fingerprint density at radius 3 is 2.43 bits per heavy atom. The molecule has 0 bridgehead atoms. The lowest BCUT2D eigenvalue weighted by atomic mass is 10.1. The van der Waals surface area contributed by atoms with Crippen molar-refractivity contribution in [2.75, 3.05) is 0 Å². The van der Waals surface area contributed by atoms with E-state index in [1.807, 2.05) is 37.3 Å². The summed E-state index contributed by atoms with van der Waals surface area (Å²) in [5.74, 6) is 0. The summed E-state index contributed by atoms with van der Waals surface area (Å²) in [5.41, 5.74) is 3.18. The van der Waals surface area contributed by atoms with Crippen LogP contribution in [-0.2, 0) is 0 Å². The van der Waals surface area contributed by atoms with E-state index in [-0.39, 0.29) is 0 Å². The molecule has 2 rings (SSSR count). The van der Waals surface area contributed by atoms with Crippen LogP contribution in [0.3, 0.4) is 0 Å². The van der Waals surface area contributed by atoms with E-state index < -0.39 is 0 Å². The lowest BCUT2D eigenvalue weighted by molar-refractivity contribution is -0.609. The summed E-state index contributed by atoms with van der Waals surface area (Å²) in [6, 6.07) is 11.6. The normalized spacial score (nSPS) is 10.1. The molecule has 0 N–H and O–H groups in total. The third-order valence-corrected chi connectivity index (χ3v) is 2.11. The topological polar surface area (TPSA) is 26.9 Å². The molecule has 1 aromatic carbocycles. The van der Waals surface area contributed by atoms with E-state index in [1.165, 1.54) is 11.8 Å². The first-order valence-electron chi connectivity index (χ1n) is 4.44. The molecule has 69 valence electrons. The molecule has 1 heterocycles. The highest BCUT2D eigenvalue weighted by atomic mass is 16.5. The predicted octanol–water partition coefficient (Wildman–Crippen LogP) is 2.10. The van der Waals surface area contributed by atoms with Gasteiger partial charge in [-0.1, -0.05) is 29.8 Å². The number of aromatic nitrogens is 1. The number of hydrogen-bond donors (Lipinski definition) is 0. The molecule has 0 saturated carbocycles. The molecule has 2 aromatic rings. The second-order valence-electron chi connectivity index (χ2n) is 3.24. The minimum absolute atomic E-state index is 0.690. The highest BCUT2D eigenvalue weighted by molar-refractivity contribution is 5.61. The van der Waals surface area contributed by atoms with Gasteiger partial charge < -0.3 is 5.21 Å². The highest BCUT2D eigenvalue weighted by Crippen LogP contribution is 2.17. The fraction of sp³-hybridized carbons (Fsp3) is 0.0833. The summed E-state index contributed by atoms with van der Waals surface area (Å²) in [7, 11) is 0. The van der Waals surface area contributed by atoms with Gasteiger partial charge in [0.25, 0.3) is 6.20 Å². The molecule has 2 heteroatoms. The Morgan fingerprint density at radius 1 is 1.07 bits per heavy atom. The molecule has 0 aliphatic rings. The first kappa shape index (κ1) is 8.75. The summed E-state index contributed by atoms with van der Waals surface area (Å²) in [5, 5.41) is 11.0. The predicted molar refractivity (Wildman–Crippen MR) is 54.4 cm³/mol. The standard InChI is InChI=1S/C12H10NO/c1-10-4-6-11(7-5-10)12-3-2-8-13(14)9-12/h2-7,9H,1H3. The number of aryl methyl sites for hydroxylation is 1. The average molecular weight is 184 g/mol. The third kappa shape index (κ3) is 1.74. The van der Waals surface area contributed by atoms with Gasteiger partial charge in [0.15, 0.2) is 6.20 Å². The van der Waals surface area contributed by atoms with Crippen molar-refractivity contribution < 1.29 is 4.73 Å². The van der Waals surface area contributed by atoms with E-state index in [0.29, 0.717) is 4.73 Å². The van der Waals surface area contributed by atoms with Gasteiger partial charge in [-0.15, -0.1) is 0 Å². The Bertz CT molecular complexity index is 434. The van der Waals surface area contributed by atoms with Crippen LogP contribution in [0, 0.1) is 18.3 Å². The molecule has 0 aliphatic heterocycles. The van der Waals surface area contributed by atoms with E-state index in [0.717, 1.165) is 11.1 Å². The Balaban J connectivity index is 2.44. The summed E-state index contributed by atoms with van der Waals surface area (Å²) < 4.78 is 0.690. The van der Waals surface area contributed by atoms with E-state index in [1.54, 1.807) is 6.07 Å². The quantitative estimate of drug-likeness (QED) is 0.492. The average Bonchev–Trinajstić information content (AvgIpc) is 2.19. The third-order valence-electron chi connectivity index (χ3n) is 2.11. The van der Waals surface area contributed by atoms with E-state index in [2.05, 4.69) is 6.20 Å². The molecule has 1 radical (unpaired) electrons. The van der Waals surface area contributed by atoms with Crippen molar-refractivity contribution in [3.8, 4) is 11.1 Å². The van der Waals surface area contributed by atoms with Crippen LogP contribution in [0.4, 0.5) is 0 Å². The smallest absolute Gasteiger partial charge is 0.289 e. The lowest BCUT2D eigenvalue weighted by Gasteiger charge is -2.01. The molecule has 0 amide bonds. The largest absolute Gasteiger partial charge is 0.618 e. The number of hydrogen-bond acceptors (Lipinski definition) is 1. The maximum Gasteiger partial charge on any atom is 0.289 e. The zero-order valence-corrected chi connectivity index (χ0v) is 7.90. The van der Waals surface area contributed by atoms with Gasteiger partial charge in [-0.25, -0.2) is 0 Å². The van der Waals surface area contributed by atoms with Crippen molar-refractivity contribution >= 4 is 0 Å². The van der Waals surface area contributed by atoms with Gasteiger partial charge in [0, 0.05) is 11.6 Å². The molecule has 14 heavy (non-hydrogen) atoms. The van der Waals surface area contributed by atoms with E-state index >= 15 is 0 Å². The maximum absolute atomic E-state index is 11.0. The number of benzene rings is 1. The monoisotopic (exact) mass is 184 g/mol. The second kappa shape index (κ2) is 3.50. The summed E-state index contributed by atoms with van der Waals surface area (Å²) in [4.78, 5) is 0. The van der Waals surface area contributed by atoms with Crippen molar-refractivity contribution in [2.24, 2.45) is 0 Å². The number of pyridine rings is 1. The zero-order valence-electron chi connectivity index (χ0n) is 7.90. The lowest BCUT2D eigenvalue weighted by Crippen LogP contribution is -2.24. The first-order chi connectivity index (χ1) is 6.75. The van der Waals surface area contributed by atoms with Crippen LogP contribution in [0.25, 0.3) is 11.1 Å². The molecule has 0 atom stereocenters. The summed E-state index contributed by atoms with van der Waals surface area (Å²) >= 11 is 0. The van der Waals surface area contributed by atoms with Gasteiger partial charge in [-0.3, -0.25) is 0 Å². The van der Waals surface area contributed by atoms with Gasteiger partial charge in [-0.2, -0.15) is 4.73 Å². The number of nitrogens with zero attached hydrogens (tertiary/aromatic N) is 1. The molecule has 0 fully saturated rings.